The molecular weight excluding hydrogens is 498 g/mol. The third-order valence-electron chi connectivity index (χ3n) is 6.34. The number of anilines is 1. The fourth-order valence-electron chi connectivity index (χ4n) is 4.37. The Morgan fingerprint density at radius 1 is 0.919 bits per heavy atom. The third kappa shape index (κ3) is 5.45. The van der Waals surface area contributed by atoms with Gasteiger partial charge in [-0.3, -0.25) is 19.4 Å². The van der Waals surface area contributed by atoms with Gasteiger partial charge in [-0.1, -0.05) is 24.3 Å². The van der Waals surface area contributed by atoms with Crippen LogP contribution in [-0.4, -0.2) is 55.3 Å². The quantitative estimate of drug-likeness (QED) is 0.409. The van der Waals surface area contributed by atoms with Crippen LogP contribution >= 0.6 is 0 Å². The van der Waals surface area contributed by atoms with Crippen LogP contribution in [0, 0.1) is 11.6 Å². The largest absolute Gasteiger partial charge is 0.336 e. The Bertz CT molecular complexity index is 1550. The normalized spacial score (nSPS) is 14.6. The molecule has 0 unspecified atom stereocenters. The Morgan fingerprint density at radius 3 is 2.38 bits per heavy atom. The fraction of sp³-hybridized carbons (Fsp3) is 0.185. The van der Waals surface area contributed by atoms with E-state index in [1.165, 1.54) is 18.2 Å². The second-order valence-corrected chi connectivity index (χ2v) is 10.5. The number of halogens is 2. The molecule has 7 nitrogen and oxygen atoms in total. The number of sulfonamides is 1. The van der Waals surface area contributed by atoms with Crippen LogP contribution in [0.3, 0.4) is 0 Å². The van der Waals surface area contributed by atoms with Crippen molar-refractivity contribution in [1.82, 2.24) is 14.8 Å². The van der Waals surface area contributed by atoms with Crippen LogP contribution in [0.25, 0.3) is 10.9 Å². The van der Waals surface area contributed by atoms with Crippen LogP contribution < -0.4 is 4.72 Å². The lowest BCUT2D eigenvalue weighted by molar-refractivity contribution is 0.0627. The van der Waals surface area contributed by atoms with Gasteiger partial charge in [0.2, 0.25) is 0 Å². The van der Waals surface area contributed by atoms with Gasteiger partial charge in [0.05, 0.1) is 5.52 Å². The summed E-state index contributed by atoms with van der Waals surface area (Å²) >= 11 is 0. The molecule has 1 aliphatic heterocycles. The number of nitrogens with one attached hydrogen (secondary N) is 1. The molecule has 0 bridgehead atoms. The first-order chi connectivity index (χ1) is 17.8. The lowest BCUT2D eigenvalue weighted by atomic mass is 10.1. The highest BCUT2D eigenvalue weighted by atomic mass is 32.2. The summed E-state index contributed by atoms with van der Waals surface area (Å²) in [5.41, 5.74) is 1.56. The molecule has 4 aromatic rings. The number of piperazine rings is 1. The Hall–Kier alpha value is -3.89. The monoisotopic (exact) mass is 522 g/mol. The Morgan fingerprint density at radius 2 is 1.65 bits per heavy atom. The molecule has 1 saturated heterocycles. The number of amides is 1. The van der Waals surface area contributed by atoms with Crippen LogP contribution in [0.15, 0.2) is 83.9 Å². The highest BCUT2D eigenvalue weighted by Crippen LogP contribution is 2.24. The van der Waals surface area contributed by atoms with E-state index in [1.807, 2.05) is 4.90 Å². The zero-order valence-electron chi connectivity index (χ0n) is 19.8. The molecule has 0 aliphatic carbocycles. The Labute approximate surface area is 213 Å². The summed E-state index contributed by atoms with van der Waals surface area (Å²) in [6.45, 7) is 2.38. The summed E-state index contributed by atoms with van der Waals surface area (Å²) < 4.78 is 55.7. The lowest BCUT2D eigenvalue weighted by Gasteiger charge is -2.34. The number of aromatic nitrogens is 1. The minimum atomic E-state index is -3.89. The van der Waals surface area contributed by atoms with Crippen LogP contribution in [0.1, 0.15) is 15.9 Å². The summed E-state index contributed by atoms with van der Waals surface area (Å²) in [7, 11) is -3.89. The lowest BCUT2D eigenvalue weighted by Crippen LogP contribution is -2.48. The summed E-state index contributed by atoms with van der Waals surface area (Å²) in [4.78, 5) is 21.0. The van der Waals surface area contributed by atoms with Gasteiger partial charge in [-0.05, 0) is 42.5 Å². The smallest absolute Gasteiger partial charge is 0.264 e. The van der Waals surface area contributed by atoms with Gasteiger partial charge in [-0.15, -0.1) is 0 Å². The van der Waals surface area contributed by atoms with Gasteiger partial charge < -0.3 is 4.90 Å². The van der Waals surface area contributed by atoms with E-state index in [-0.39, 0.29) is 10.8 Å². The molecule has 1 aliphatic rings. The fourth-order valence-corrected chi connectivity index (χ4v) is 5.61. The molecule has 3 aromatic carbocycles. The van der Waals surface area contributed by atoms with Crippen molar-refractivity contribution in [3.8, 4) is 0 Å². The molecule has 0 saturated carbocycles. The number of rotatable bonds is 6. The van der Waals surface area contributed by atoms with Gasteiger partial charge in [0.1, 0.15) is 16.5 Å². The molecule has 37 heavy (non-hydrogen) atoms. The summed E-state index contributed by atoms with van der Waals surface area (Å²) in [5.74, 6) is -1.35. The Kier molecular flexibility index (Phi) is 6.86. The molecule has 0 spiro atoms. The van der Waals surface area contributed by atoms with Gasteiger partial charge in [0.25, 0.3) is 15.9 Å². The van der Waals surface area contributed by atoms with Crippen molar-refractivity contribution < 1.29 is 22.0 Å². The third-order valence-corrected chi connectivity index (χ3v) is 7.75. The van der Waals surface area contributed by atoms with Gasteiger partial charge in [0.15, 0.2) is 0 Å². The minimum Gasteiger partial charge on any atom is -0.336 e. The van der Waals surface area contributed by atoms with E-state index in [0.717, 1.165) is 6.07 Å². The maximum atomic E-state index is 14.0. The summed E-state index contributed by atoms with van der Waals surface area (Å²) in [6.07, 6.45) is 1.54. The molecule has 190 valence electrons. The predicted octanol–water partition coefficient (Wildman–Crippen LogP) is 4.27. The van der Waals surface area contributed by atoms with Gasteiger partial charge in [-0.25, -0.2) is 17.2 Å². The van der Waals surface area contributed by atoms with Gasteiger partial charge in [0, 0.05) is 67.2 Å². The molecule has 1 aromatic heterocycles. The van der Waals surface area contributed by atoms with Crippen molar-refractivity contribution in [2.24, 2.45) is 0 Å². The van der Waals surface area contributed by atoms with Crippen LogP contribution in [0.5, 0.6) is 0 Å². The number of benzene rings is 3. The summed E-state index contributed by atoms with van der Waals surface area (Å²) in [6, 6.07) is 18.3. The first-order valence-corrected chi connectivity index (χ1v) is 13.2. The highest BCUT2D eigenvalue weighted by Gasteiger charge is 2.23. The molecule has 1 amide bonds. The maximum absolute atomic E-state index is 14.0. The molecular formula is C27H24F2N4O3S. The van der Waals surface area contributed by atoms with E-state index in [2.05, 4.69) is 9.71 Å². The summed E-state index contributed by atoms with van der Waals surface area (Å²) in [5, 5.41) is 0.717. The van der Waals surface area contributed by atoms with Crippen LogP contribution in [0.4, 0.5) is 14.5 Å². The second kappa shape index (κ2) is 10.2. The number of carbonyl (C=O) groups is 1. The van der Waals surface area contributed by atoms with E-state index in [9.17, 15) is 22.0 Å². The van der Waals surface area contributed by atoms with E-state index < -0.39 is 21.7 Å². The number of carbonyl (C=O) groups excluding carboxylic acids is 1. The molecule has 0 atom stereocenters. The van der Waals surface area contributed by atoms with E-state index in [4.69, 9.17) is 0 Å². The number of para-hydroxylation sites is 1. The molecule has 2 heterocycles. The molecule has 1 N–H and O–H groups in total. The van der Waals surface area contributed by atoms with Crippen molar-refractivity contribution in [2.45, 2.75) is 11.4 Å². The average Bonchev–Trinajstić information content (AvgIpc) is 2.90. The number of hydrogen-bond acceptors (Lipinski definition) is 5. The van der Waals surface area contributed by atoms with E-state index in [1.54, 1.807) is 59.6 Å². The number of nitrogens with zero attached hydrogens (tertiary/aromatic N) is 3. The Balaban J connectivity index is 1.21. The SMILES string of the molecule is O=C(c1ccc(NS(=O)(=O)c2cccc3cccnc23)cc1)N1CCN(Cc2ccc(F)cc2F)CC1. The zero-order valence-corrected chi connectivity index (χ0v) is 20.6. The van der Waals surface area contributed by atoms with Crippen LogP contribution in [0.2, 0.25) is 0 Å². The highest BCUT2D eigenvalue weighted by molar-refractivity contribution is 7.93. The molecule has 5 rings (SSSR count). The van der Waals surface area contributed by atoms with Crippen molar-refractivity contribution >= 4 is 32.5 Å². The first kappa shape index (κ1) is 24.8. The molecule has 10 heteroatoms. The van der Waals surface area contributed by atoms with E-state index >= 15 is 0 Å². The minimum absolute atomic E-state index is 0.0733. The zero-order chi connectivity index (χ0) is 26.0. The number of fused-ring (bicyclic) bond motifs is 1. The maximum Gasteiger partial charge on any atom is 0.264 e. The topological polar surface area (TPSA) is 82.6 Å². The number of pyridine rings is 1. The average molecular weight is 523 g/mol. The standard InChI is InChI=1S/C27H24F2N4O3S/c28-22-9-6-21(24(29)17-22)18-32-13-15-33(16-14-32)27(34)20-7-10-23(11-8-20)31-37(35,36)25-5-1-3-19-4-2-12-30-26(19)25/h1-12,17,31H,13-16,18H2. The predicted molar refractivity (Wildman–Crippen MR) is 137 cm³/mol. The van der Waals surface area contributed by atoms with E-state index in [0.29, 0.717) is 60.4 Å². The van der Waals surface area contributed by atoms with Crippen LogP contribution in [-0.2, 0) is 16.6 Å². The number of hydrogen-bond donors (Lipinski definition) is 1. The molecule has 0 radical (unpaired) electrons. The molecule has 1 fully saturated rings. The van der Waals surface area contributed by atoms with Crippen molar-refractivity contribution in [1.29, 1.82) is 0 Å². The van der Waals surface area contributed by atoms with Crippen molar-refractivity contribution in [2.75, 3.05) is 30.9 Å². The van der Waals surface area contributed by atoms with Crippen molar-refractivity contribution in [3.05, 3.63) is 102 Å². The van der Waals surface area contributed by atoms with Crippen molar-refractivity contribution in [3.63, 3.8) is 0 Å². The second-order valence-electron chi connectivity index (χ2n) is 8.82. The van der Waals surface area contributed by atoms with Gasteiger partial charge >= 0.3 is 0 Å². The first-order valence-electron chi connectivity index (χ1n) is 11.7. The van der Waals surface area contributed by atoms with Gasteiger partial charge in [-0.2, -0.15) is 0 Å².